The predicted octanol–water partition coefficient (Wildman–Crippen LogP) is 2.93. The maximum atomic E-state index is 13.1. The molecule has 0 bridgehead atoms. The van der Waals surface area contributed by atoms with Crippen LogP contribution in [0.1, 0.15) is 22.6 Å². The van der Waals surface area contributed by atoms with E-state index in [0.29, 0.717) is 35.7 Å². The van der Waals surface area contributed by atoms with E-state index in [4.69, 9.17) is 0 Å². The van der Waals surface area contributed by atoms with Crippen LogP contribution in [0.25, 0.3) is 0 Å². The average Bonchev–Trinajstić information content (AvgIpc) is 3.33. The van der Waals surface area contributed by atoms with E-state index in [1.165, 1.54) is 20.3 Å². The van der Waals surface area contributed by atoms with Gasteiger partial charge in [-0.25, -0.2) is 13.2 Å². The molecule has 0 aliphatic rings. The van der Waals surface area contributed by atoms with Crippen LogP contribution in [0.5, 0.6) is 0 Å². The largest absolute Gasteiger partial charge is 0.351 e. The van der Waals surface area contributed by atoms with Crippen LogP contribution in [0.2, 0.25) is 0 Å². The third-order valence-corrected chi connectivity index (χ3v) is 10.1. The number of nitrogens with one attached hydrogen (secondary N) is 1. The summed E-state index contributed by atoms with van der Waals surface area (Å²) in [5, 5.41) is 2.77. The topological polar surface area (TPSA) is 106 Å². The highest BCUT2D eigenvalue weighted by Crippen LogP contribution is 2.26. The lowest BCUT2D eigenvalue weighted by atomic mass is 10.2. The molecule has 2 heterocycles. The van der Waals surface area contributed by atoms with Gasteiger partial charge in [-0.1, -0.05) is 18.2 Å². The average molecular weight is 621 g/mol. The molecule has 3 aromatic rings. The molecule has 1 amide bonds. The smallest absolute Gasteiger partial charge is 0.309 e. The van der Waals surface area contributed by atoms with Crippen molar-refractivity contribution in [3.8, 4) is 0 Å². The number of aromatic nitrogens is 3. The van der Waals surface area contributed by atoms with E-state index < -0.39 is 21.0 Å². The first-order chi connectivity index (χ1) is 15.6. The standard InChI is InChI=1S/C20H23Br2N5O4S2/c1-25(2)33(30,31)27-14(13-24-20(27)32(29)15-9-5-4-6-10-15)8-7-11-23-19(28)17-12-16(21)18(22)26(17)3/h4-6,9-10,12-13H,7-8,11H2,1-3H3,(H,23,28). The summed E-state index contributed by atoms with van der Waals surface area (Å²) in [5.41, 5.74) is 0.871. The van der Waals surface area contributed by atoms with Crippen molar-refractivity contribution in [3.63, 3.8) is 0 Å². The number of benzene rings is 1. The normalized spacial score (nSPS) is 12.8. The highest BCUT2D eigenvalue weighted by atomic mass is 79.9. The number of hydrogen-bond donors (Lipinski definition) is 1. The number of aryl methyl sites for hydroxylation is 1. The van der Waals surface area contributed by atoms with Crippen LogP contribution in [0.3, 0.4) is 0 Å². The van der Waals surface area contributed by atoms with E-state index in [-0.39, 0.29) is 11.1 Å². The first-order valence-corrected chi connectivity index (χ1v) is 13.9. The van der Waals surface area contributed by atoms with Crippen LogP contribution in [0.15, 0.2) is 61.7 Å². The summed E-state index contributed by atoms with van der Waals surface area (Å²) in [7, 11) is -1.16. The minimum Gasteiger partial charge on any atom is -0.351 e. The number of halogens is 2. The molecule has 0 aliphatic carbocycles. The molecule has 1 unspecified atom stereocenters. The lowest BCUT2D eigenvalue weighted by molar-refractivity contribution is 0.0945. The Morgan fingerprint density at radius 1 is 1.21 bits per heavy atom. The SMILES string of the molecule is CN(C)S(=O)(=O)n1c(CCCNC(=O)c2cc(Br)c(Br)n2C)cnc1S(=O)c1ccccc1. The molecule has 0 radical (unpaired) electrons. The fraction of sp³-hybridized carbons (Fsp3) is 0.300. The van der Waals surface area contributed by atoms with Crippen LogP contribution in [-0.4, -0.2) is 57.0 Å². The molecule has 178 valence electrons. The van der Waals surface area contributed by atoms with Gasteiger partial charge in [0.15, 0.2) is 0 Å². The van der Waals surface area contributed by atoms with Crippen LogP contribution < -0.4 is 5.32 Å². The second-order valence-electron chi connectivity index (χ2n) is 7.26. The fourth-order valence-corrected chi connectivity index (χ4v) is 6.34. The quantitative estimate of drug-likeness (QED) is 0.370. The van der Waals surface area contributed by atoms with Crippen LogP contribution in [0, 0.1) is 0 Å². The van der Waals surface area contributed by atoms with Crippen LogP contribution >= 0.6 is 31.9 Å². The Labute approximate surface area is 212 Å². The second kappa shape index (κ2) is 10.6. The number of nitrogens with zero attached hydrogens (tertiary/aromatic N) is 4. The van der Waals surface area contributed by atoms with E-state index in [9.17, 15) is 17.4 Å². The molecular formula is C20H23Br2N5O4S2. The Morgan fingerprint density at radius 3 is 2.45 bits per heavy atom. The molecule has 1 atom stereocenters. The van der Waals surface area contributed by atoms with Gasteiger partial charge in [0.25, 0.3) is 5.91 Å². The van der Waals surface area contributed by atoms with Gasteiger partial charge in [-0.05, 0) is 62.9 Å². The Hall–Kier alpha value is -1.80. The Bertz CT molecular complexity index is 1290. The molecule has 33 heavy (non-hydrogen) atoms. The summed E-state index contributed by atoms with van der Waals surface area (Å²) >= 11 is 6.76. The molecule has 1 N–H and O–H groups in total. The number of carbonyl (C=O) groups is 1. The van der Waals surface area contributed by atoms with Crippen molar-refractivity contribution in [2.45, 2.75) is 22.9 Å². The third kappa shape index (κ3) is 5.48. The zero-order valence-electron chi connectivity index (χ0n) is 18.2. The highest BCUT2D eigenvalue weighted by molar-refractivity contribution is 9.13. The number of rotatable bonds is 9. The summed E-state index contributed by atoms with van der Waals surface area (Å²) in [4.78, 5) is 17.1. The second-order valence-corrected chi connectivity index (χ2v) is 12.2. The van der Waals surface area contributed by atoms with Gasteiger partial charge in [-0.3, -0.25) is 4.79 Å². The number of amides is 1. The zero-order chi connectivity index (χ0) is 24.3. The molecular weight excluding hydrogens is 598 g/mol. The molecule has 2 aromatic heterocycles. The summed E-state index contributed by atoms with van der Waals surface area (Å²) < 4.78 is 44.4. The minimum absolute atomic E-state index is 0.0625. The fourth-order valence-electron chi connectivity index (χ4n) is 3.03. The third-order valence-electron chi connectivity index (χ3n) is 4.82. The van der Waals surface area contributed by atoms with Gasteiger partial charge in [0.05, 0.1) is 21.0 Å². The van der Waals surface area contributed by atoms with Gasteiger partial charge in [-0.2, -0.15) is 12.7 Å². The van der Waals surface area contributed by atoms with Crippen molar-refractivity contribution in [2.75, 3.05) is 20.6 Å². The van der Waals surface area contributed by atoms with Crippen LogP contribution in [0.4, 0.5) is 0 Å². The minimum atomic E-state index is -3.96. The predicted molar refractivity (Wildman–Crippen MR) is 133 cm³/mol. The lowest BCUT2D eigenvalue weighted by Crippen LogP contribution is -2.32. The van der Waals surface area contributed by atoms with Crippen molar-refractivity contribution in [1.29, 1.82) is 0 Å². The van der Waals surface area contributed by atoms with E-state index in [1.54, 1.807) is 48.0 Å². The molecule has 0 fully saturated rings. The van der Waals surface area contributed by atoms with Gasteiger partial charge in [-0.15, -0.1) is 0 Å². The van der Waals surface area contributed by atoms with Gasteiger partial charge < -0.3 is 9.88 Å². The first kappa shape index (κ1) is 25.8. The lowest BCUT2D eigenvalue weighted by Gasteiger charge is -2.17. The van der Waals surface area contributed by atoms with Gasteiger partial charge in [0, 0.05) is 32.6 Å². The number of hydrogen-bond acceptors (Lipinski definition) is 5. The van der Waals surface area contributed by atoms with E-state index in [2.05, 4.69) is 42.2 Å². The summed E-state index contributed by atoms with van der Waals surface area (Å²) in [5.74, 6) is -0.246. The molecule has 1 aromatic carbocycles. The number of imidazole rings is 1. The Balaban J connectivity index is 1.78. The van der Waals surface area contributed by atoms with Crippen molar-refractivity contribution in [1.82, 2.24) is 23.1 Å². The van der Waals surface area contributed by atoms with Gasteiger partial charge >= 0.3 is 10.2 Å². The van der Waals surface area contributed by atoms with Crippen molar-refractivity contribution < 1.29 is 17.4 Å². The maximum Gasteiger partial charge on any atom is 0.309 e. The monoisotopic (exact) mass is 619 g/mol. The highest BCUT2D eigenvalue weighted by Gasteiger charge is 2.28. The van der Waals surface area contributed by atoms with Crippen LogP contribution in [-0.2, 0) is 34.5 Å². The molecule has 0 spiro atoms. The van der Waals surface area contributed by atoms with Gasteiger partial charge in [0.2, 0.25) is 5.16 Å². The van der Waals surface area contributed by atoms with E-state index >= 15 is 0 Å². The maximum absolute atomic E-state index is 13.1. The molecule has 0 saturated heterocycles. The molecule has 0 saturated carbocycles. The van der Waals surface area contributed by atoms with Crippen molar-refractivity contribution in [2.24, 2.45) is 7.05 Å². The van der Waals surface area contributed by atoms with Gasteiger partial charge in [0.1, 0.15) is 16.5 Å². The molecule has 0 aliphatic heterocycles. The Morgan fingerprint density at radius 2 is 1.88 bits per heavy atom. The summed E-state index contributed by atoms with van der Waals surface area (Å²) in [6.45, 7) is 0.323. The van der Waals surface area contributed by atoms with Crippen molar-refractivity contribution >= 4 is 58.8 Å². The molecule has 9 nitrogen and oxygen atoms in total. The summed E-state index contributed by atoms with van der Waals surface area (Å²) in [6.07, 6.45) is 2.20. The first-order valence-electron chi connectivity index (χ1n) is 9.81. The van der Waals surface area contributed by atoms with E-state index in [1.807, 2.05) is 0 Å². The molecule has 3 rings (SSSR count). The Kier molecular flexibility index (Phi) is 8.32. The van der Waals surface area contributed by atoms with E-state index in [0.717, 1.165) is 17.4 Å². The van der Waals surface area contributed by atoms with Crippen molar-refractivity contribution in [3.05, 3.63) is 63.1 Å². The number of carbonyl (C=O) groups excluding carboxylic acids is 1. The summed E-state index contributed by atoms with van der Waals surface area (Å²) in [6, 6.07) is 10.3. The molecule has 13 heteroatoms. The zero-order valence-corrected chi connectivity index (χ0v) is 23.0.